The van der Waals surface area contributed by atoms with Gasteiger partial charge in [0.1, 0.15) is 0 Å². The van der Waals surface area contributed by atoms with E-state index in [4.69, 9.17) is 0 Å². The average Bonchev–Trinajstić information content (AvgIpc) is 2.54. The van der Waals surface area contributed by atoms with Gasteiger partial charge in [-0.25, -0.2) is 0 Å². The van der Waals surface area contributed by atoms with Crippen molar-refractivity contribution < 1.29 is 0 Å². The molecule has 0 aromatic carbocycles. The maximum atomic E-state index is 4.00. The molecule has 0 amide bonds. The van der Waals surface area contributed by atoms with Crippen molar-refractivity contribution >= 4 is 0 Å². The maximum Gasteiger partial charge on any atom is 0.0627 e. The summed E-state index contributed by atoms with van der Waals surface area (Å²) >= 11 is 0. The molecule has 4 fully saturated rings. The van der Waals surface area contributed by atoms with Crippen LogP contribution in [0.25, 0.3) is 0 Å². The van der Waals surface area contributed by atoms with Crippen molar-refractivity contribution in [1.29, 1.82) is 0 Å². The van der Waals surface area contributed by atoms with Crippen molar-refractivity contribution in [3.8, 4) is 0 Å². The van der Waals surface area contributed by atoms with E-state index in [-0.39, 0.29) is 0 Å². The van der Waals surface area contributed by atoms with Crippen LogP contribution < -0.4 is 16.0 Å². The number of hydrogen-bond acceptors (Lipinski definition) is 3. The minimum absolute atomic E-state index is 0.572. The fourth-order valence-corrected chi connectivity index (χ4v) is 5.68. The van der Waals surface area contributed by atoms with Crippen LogP contribution in [0, 0.1) is 17.8 Å². The SMILES string of the molecule is C1CCC(NC2NCNC3CC4CCCCC4CC32)CC1. The smallest absolute Gasteiger partial charge is 0.0627 e. The maximum absolute atomic E-state index is 4.00. The summed E-state index contributed by atoms with van der Waals surface area (Å²) in [5.74, 6) is 2.87. The number of fused-ring (bicyclic) bond motifs is 2. The third-order valence-electron chi connectivity index (χ3n) is 6.85. The second kappa shape index (κ2) is 6.55. The Balaban J connectivity index is 1.40. The minimum Gasteiger partial charge on any atom is -0.301 e. The molecule has 120 valence electrons. The van der Waals surface area contributed by atoms with Gasteiger partial charge in [-0.05, 0) is 37.5 Å². The van der Waals surface area contributed by atoms with E-state index in [1.54, 1.807) is 0 Å². The lowest BCUT2D eigenvalue weighted by atomic mass is 9.64. The first kappa shape index (κ1) is 14.5. The summed E-state index contributed by atoms with van der Waals surface area (Å²) in [6.45, 7) is 1.00. The predicted octanol–water partition coefficient (Wildman–Crippen LogP) is 2.97. The van der Waals surface area contributed by atoms with Crippen molar-refractivity contribution in [1.82, 2.24) is 16.0 Å². The highest BCUT2D eigenvalue weighted by molar-refractivity contribution is 4.98. The zero-order valence-electron chi connectivity index (χ0n) is 13.4. The molecule has 0 spiro atoms. The molecule has 3 N–H and O–H groups in total. The van der Waals surface area contributed by atoms with Crippen molar-refractivity contribution in [2.45, 2.75) is 88.9 Å². The van der Waals surface area contributed by atoms with Gasteiger partial charge in [0.05, 0.1) is 6.17 Å². The lowest BCUT2D eigenvalue weighted by Crippen LogP contribution is -2.66. The van der Waals surface area contributed by atoms with Crippen LogP contribution in [0.2, 0.25) is 0 Å². The van der Waals surface area contributed by atoms with E-state index < -0.39 is 0 Å². The lowest BCUT2D eigenvalue weighted by molar-refractivity contribution is 0.0408. The first-order chi connectivity index (χ1) is 10.4. The van der Waals surface area contributed by atoms with Gasteiger partial charge in [0.2, 0.25) is 0 Å². The Morgan fingerprint density at radius 3 is 2.24 bits per heavy atom. The van der Waals surface area contributed by atoms with Gasteiger partial charge in [0, 0.05) is 24.7 Å². The Bertz CT molecular complexity index is 339. The summed E-state index contributed by atoms with van der Waals surface area (Å²) in [6.07, 6.45) is 16.6. The van der Waals surface area contributed by atoms with E-state index in [9.17, 15) is 0 Å². The molecule has 0 radical (unpaired) electrons. The Hall–Kier alpha value is -0.120. The molecule has 4 aliphatic rings. The van der Waals surface area contributed by atoms with Gasteiger partial charge in [-0.3, -0.25) is 10.6 Å². The summed E-state index contributed by atoms with van der Waals surface area (Å²) in [6, 6.07) is 1.55. The summed E-state index contributed by atoms with van der Waals surface area (Å²) in [5, 5.41) is 11.5. The van der Waals surface area contributed by atoms with Crippen LogP contribution >= 0.6 is 0 Å². The van der Waals surface area contributed by atoms with E-state index >= 15 is 0 Å². The van der Waals surface area contributed by atoms with E-state index in [0.29, 0.717) is 6.17 Å². The van der Waals surface area contributed by atoms with Crippen LogP contribution in [0.4, 0.5) is 0 Å². The first-order valence-corrected chi connectivity index (χ1v) is 9.63. The molecule has 21 heavy (non-hydrogen) atoms. The molecular weight excluding hydrogens is 258 g/mol. The minimum atomic E-state index is 0.572. The third kappa shape index (κ3) is 3.16. The number of nitrogens with one attached hydrogen (secondary N) is 3. The number of hydrogen-bond donors (Lipinski definition) is 3. The fraction of sp³-hybridized carbons (Fsp3) is 1.00. The van der Waals surface area contributed by atoms with Gasteiger partial charge >= 0.3 is 0 Å². The standard InChI is InChI=1S/C18H33N3/c1-2-8-15(9-3-1)21-18-16-10-13-6-4-5-7-14(13)11-17(16)19-12-20-18/h13-21H,1-12H2. The lowest BCUT2D eigenvalue weighted by Gasteiger charge is -2.50. The Morgan fingerprint density at radius 2 is 1.43 bits per heavy atom. The zero-order valence-corrected chi connectivity index (χ0v) is 13.4. The summed E-state index contributed by atoms with van der Waals surface area (Å²) in [4.78, 5) is 0. The molecule has 5 unspecified atom stereocenters. The highest BCUT2D eigenvalue weighted by Gasteiger charge is 2.43. The van der Waals surface area contributed by atoms with Gasteiger partial charge in [-0.1, -0.05) is 44.9 Å². The Kier molecular flexibility index (Phi) is 4.52. The van der Waals surface area contributed by atoms with Crippen LogP contribution in [0.5, 0.6) is 0 Å². The van der Waals surface area contributed by atoms with Crippen molar-refractivity contribution in [3.63, 3.8) is 0 Å². The van der Waals surface area contributed by atoms with E-state index in [1.807, 2.05) is 0 Å². The van der Waals surface area contributed by atoms with Crippen molar-refractivity contribution in [3.05, 3.63) is 0 Å². The fourth-order valence-electron chi connectivity index (χ4n) is 5.68. The Morgan fingerprint density at radius 1 is 0.714 bits per heavy atom. The molecule has 3 nitrogen and oxygen atoms in total. The normalized spacial score (nSPS) is 44.9. The van der Waals surface area contributed by atoms with Crippen molar-refractivity contribution in [2.75, 3.05) is 6.67 Å². The van der Waals surface area contributed by atoms with Crippen LogP contribution in [-0.2, 0) is 0 Å². The molecule has 0 bridgehead atoms. The van der Waals surface area contributed by atoms with Gasteiger partial charge in [-0.15, -0.1) is 0 Å². The van der Waals surface area contributed by atoms with Crippen LogP contribution in [0.3, 0.4) is 0 Å². The molecule has 1 aliphatic heterocycles. The van der Waals surface area contributed by atoms with Crippen LogP contribution in [0.15, 0.2) is 0 Å². The van der Waals surface area contributed by atoms with E-state index in [1.165, 1.54) is 70.6 Å². The zero-order chi connectivity index (χ0) is 14.1. The average molecular weight is 291 g/mol. The van der Waals surface area contributed by atoms with Gasteiger partial charge < -0.3 is 5.32 Å². The second-order valence-corrected chi connectivity index (χ2v) is 8.11. The molecule has 1 saturated heterocycles. The predicted molar refractivity (Wildman–Crippen MR) is 86.9 cm³/mol. The second-order valence-electron chi connectivity index (χ2n) is 8.11. The largest absolute Gasteiger partial charge is 0.301 e. The van der Waals surface area contributed by atoms with E-state index in [2.05, 4.69) is 16.0 Å². The molecule has 3 aliphatic carbocycles. The molecule has 5 atom stereocenters. The van der Waals surface area contributed by atoms with Crippen LogP contribution in [-0.4, -0.2) is 24.9 Å². The first-order valence-electron chi connectivity index (χ1n) is 9.63. The summed E-state index contributed by atoms with van der Waals surface area (Å²) in [7, 11) is 0. The highest BCUT2D eigenvalue weighted by Crippen LogP contribution is 2.44. The molecular formula is C18H33N3. The number of rotatable bonds is 2. The molecule has 3 heteroatoms. The van der Waals surface area contributed by atoms with E-state index in [0.717, 1.165) is 36.5 Å². The van der Waals surface area contributed by atoms with Crippen LogP contribution in [0.1, 0.15) is 70.6 Å². The monoisotopic (exact) mass is 291 g/mol. The quantitative estimate of drug-likeness (QED) is 0.732. The summed E-state index contributed by atoms with van der Waals surface area (Å²) < 4.78 is 0. The van der Waals surface area contributed by atoms with Crippen molar-refractivity contribution in [2.24, 2.45) is 17.8 Å². The molecule has 0 aromatic rings. The third-order valence-corrected chi connectivity index (χ3v) is 6.85. The molecule has 3 saturated carbocycles. The van der Waals surface area contributed by atoms with Gasteiger partial charge in [0.15, 0.2) is 0 Å². The molecule has 0 aromatic heterocycles. The Labute approximate surface area is 130 Å². The molecule has 4 rings (SSSR count). The van der Waals surface area contributed by atoms with Gasteiger partial charge in [-0.2, -0.15) is 0 Å². The highest BCUT2D eigenvalue weighted by atomic mass is 15.2. The molecule has 1 heterocycles. The summed E-state index contributed by atoms with van der Waals surface area (Å²) in [5.41, 5.74) is 0. The topological polar surface area (TPSA) is 36.1 Å². The van der Waals surface area contributed by atoms with Gasteiger partial charge in [0.25, 0.3) is 0 Å².